The molecule has 0 bridgehead atoms. The molecule has 1 amide bonds. The van der Waals surface area contributed by atoms with Gasteiger partial charge in [0.1, 0.15) is 16.2 Å². The molecule has 34 heavy (non-hydrogen) atoms. The second kappa shape index (κ2) is 8.31. The molecular formula is C24H21N5O4S. The number of aryl methyl sites for hydroxylation is 1. The lowest BCUT2D eigenvalue weighted by molar-refractivity contribution is 0.0924. The number of nitrogens with one attached hydrogen (secondary N) is 1. The summed E-state index contributed by atoms with van der Waals surface area (Å²) in [5, 5.41) is 2.74. The van der Waals surface area contributed by atoms with Crippen molar-refractivity contribution in [3.8, 4) is 0 Å². The van der Waals surface area contributed by atoms with Crippen LogP contribution in [0.5, 0.6) is 0 Å². The molecule has 3 N–H and O–H groups in total. The van der Waals surface area contributed by atoms with Gasteiger partial charge in [0.2, 0.25) is 9.84 Å². The number of carbonyl (C=O) groups is 1. The minimum atomic E-state index is -3.99. The van der Waals surface area contributed by atoms with Crippen molar-refractivity contribution in [2.45, 2.75) is 23.3 Å². The third-order valence-electron chi connectivity index (χ3n) is 5.51. The van der Waals surface area contributed by atoms with E-state index >= 15 is 0 Å². The molecular weight excluding hydrogens is 454 g/mol. The van der Waals surface area contributed by atoms with Crippen molar-refractivity contribution in [1.82, 2.24) is 19.9 Å². The van der Waals surface area contributed by atoms with Crippen molar-refractivity contribution >= 4 is 43.8 Å². The molecule has 0 aliphatic carbocycles. The zero-order chi connectivity index (χ0) is 23.9. The van der Waals surface area contributed by atoms with Gasteiger partial charge in [0, 0.05) is 13.1 Å². The topological polar surface area (TPSA) is 133 Å². The summed E-state index contributed by atoms with van der Waals surface area (Å²) in [6.45, 7) is 2.24. The summed E-state index contributed by atoms with van der Waals surface area (Å²) in [5.41, 5.74) is 9.03. The first-order valence-corrected chi connectivity index (χ1v) is 12.0. The van der Waals surface area contributed by atoms with E-state index in [0.29, 0.717) is 16.7 Å². The predicted octanol–water partition coefficient (Wildman–Crippen LogP) is 3.33. The van der Waals surface area contributed by atoms with Gasteiger partial charge in [-0.1, -0.05) is 29.8 Å². The molecule has 0 atom stereocenters. The van der Waals surface area contributed by atoms with E-state index in [2.05, 4.69) is 15.3 Å². The molecule has 0 saturated heterocycles. The summed E-state index contributed by atoms with van der Waals surface area (Å²) >= 11 is 0. The van der Waals surface area contributed by atoms with E-state index < -0.39 is 9.84 Å². The van der Waals surface area contributed by atoms with Crippen LogP contribution in [0, 0.1) is 6.92 Å². The lowest BCUT2D eigenvalue weighted by Crippen LogP contribution is -2.27. The van der Waals surface area contributed by atoms with Crippen LogP contribution in [0.25, 0.3) is 22.2 Å². The highest BCUT2D eigenvalue weighted by atomic mass is 32.2. The molecule has 5 rings (SSSR count). The molecule has 0 aliphatic heterocycles. The SMILES string of the molecule is Cc1ccc(S(=O)(=O)c2c(N)n(CCNC(=O)c3ccco3)c3nc4ccccc4nc23)cc1. The molecule has 0 spiro atoms. The zero-order valence-corrected chi connectivity index (χ0v) is 19.0. The average Bonchev–Trinajstić information content (AvgIpc) is 3.45. The Morgan fingerprint density at radius 2 is 1.74 bits per heavy atom. The van der Waals surface area contributed by atoms with Crippen LogP contribution in [0.2, 0.25) is 0 Å². The molecule has 172 valence electrons. The lowest BCUT2D eigenvalue weighted by atomic mass is 10.2. The normalized spacial score (nSPS) is 11.8. The second-order valence-corrected chi connectivity index (χ2v) is 9.69. The third-order valence-corrected chi connectivity index (χ3v) is 7.34. The Balaban J connectivity index is 1.62. The Morgan fingerprint density at radius 1 is 1.03 bits per heavy atom. The predicted molar refractivity (Wildman–Crippen MR) is 127 cm³/mol. The number of furan rings is 1. The number of fused-ring (bicyclic) bond motifs is 2. The number of hydrogen-bond donors (Lipinski definition) is 2. The van der Waals surface area contributed by atoms with Crippen molar-refractivity contribution < 1.29 is 17.6 Å². The van der Waals surface area contributed by atoms with Crippen LogP contribution in [0.3, 0.4) is 0 Å². The first-order chi connectivity index (χ1) is 16.4. The van der Waals surface area contributed by atoms with Crippen LogP contribution in [-0.4, -0.2) is 35.4 Å². The fraction of sp³-hybridized carbons (Fsp3) is 0.125. The highest BCUT2D eigenvalue weighted by molar-refractivity contribution is 7.92. The van der Waals surface area contributed by atoms with Gasteiger partial charge in [-0.05, 0) is 43.3 Å². The van der Waals surface area contributed by atoms with Crippen LogP contribution < -0.4 is 11.1 Å². The summed E-state index contributed by atoms with van der Waals surface area (Å²) in [6, 6.07) is 16.9. The van der Waals surface area contributed by atoms with Gasteiger partial charge in [-0.15, -0.1) is 0 Å². The van der Waals surface area contributed by atoms with Crippen molar-refractivity contribution in [2.75, 3.05) is 12.3 Å². The van der Waals surface area contributed by atoms with Crippen LogP contribution in [-0.2, 0) is 16.4 Å². The quantitative estimate of drug-likeness (QED) is 0.385. The molecule has 0 saturated carbocycles. The van der Waals surface area contributed by atoms with E-state index in [1.807, 2.05) is 19.1 Å². The fourth-order valence-electron chi connectivity index (χ4n) is 3.79. The smallest absolute Gasteiger partial charge is 0.287 e. The van der Waals surface area contributed by atoms with Gasteiger partial charge < -0.3 is 20.0 Å². The molecule has 2 aromatic carbocycles. The summed E-state index contributed by atoms with van der Waals surface area (Å²) in [6.07, 6.45) is 1.41. The standard InChI is InChI=1S/C24H21N5O4S/c1-15-8-10-16(11-9-15)34(31,32)21-20-23(28-18-6-3-2-5-17(18)27-20)29(22(21)25)13-12-26-24(30)19-7-4-14-33-19/h2-11,14H,12-13,25H2,1H3,(H,26,30). The molecule has 9 nitrogen and oxygen atoms in total. The first kappa shape index (κ1) is 21.7. The van der Waals surface area contributed by atoms with E-state index in [-0.39, 0.29) is 45.9 Å². The number of nitrogen functional groups attached to an aromatic ring is 1. The maximum Gasteiger partial charge on any atom is 0.287 e. The Labute approximate surface area is 195 Å². The van der Waals surface area contributed by atoms with Gasteiger partial charge in [-0.3, -0.25) is 4.79 Å². The molecule has 3 heterocycles. The number of nitrogens with zero attached hydrogens (tertiary/aromatic N) is 3. The van der Waals surface area contributed by atoms with E-state index in [1.165, 1.54) is 6.26 Å². The third kappa shape index (κ3) is 3.67. The van der Waals surface area contributed by atoms with Crippen LogP contribution in [0.15, 0.2) is 81.1 Å². The number of sulfone groups is 1. The van der Waals surface area contributed by atoms with Gasteiger partial charge in [-0.2, -0.15) is 0 Å². The summed E-state index contributed by atoms with van der Waals surface area (Å²) in [4.78, 5) is 21.5. The van der Waals surface area contributed by atoms with Gasteiger partial charge in [-0.25, -0.2) is 18.4 Å². The number of anilines is 1. The van der Waals surface area contributed by atoms with Crippen molar-refractivity contribution in [3.63, 3.8) is 0 Å². The van der Waals surface area contributed by atoms with Crippen LogP contribution in [0.4, 0.5) is 5.82 Å². The number of rotatable bonds is 6. The van der Waals surface area contributed by atoms with Gasteiger partial charge in [0.15, 0.2) is 11.4 Å². The molecule has 0 fully saturated rings. The molecule has 0 unspecified atom stereocenters. The highest BCUT2D eigenvalue weighted by Gasteiger charge is 2.30. The zero-order valence-electron chi connectivity index (χ0n) is 18.2. The maximum absolute atomic E-state index is 13.6. The number of amides is 1. The number of nitrogens with two attached hydrogens (primary N) is 1. The van der Waals surface area contributed by atoms with Gasteiger partial charge in [0.05, 0.1) is 22.2 Å². The Morgan fingerprint density at radius 3 is 2.41 bits per heavy atom. The number of hydrogen-bond acceptors (Lipinski definition) is 7. The minimum absolute atomic E-state index is 0.0122. The summed E-state index contributed by atoms with van der Waals surface area (Å²) in [7, 11) is -3.99. The summed E-state index contributed by atoms with van der Waals surface area (Å²) < 4.78 is 33.9. The number of benzene rings is 2. The van der Waals surface area contributed by atoms with E-state index in [0.717, 1.165) is 5.56 Å². The number of carbonyl (C=O) groups excluding carboxylic acids is 1. The Bertz CT molecular complexity index is 1620. The van der Waals surface area contributed by atoms with E-state index in [4.69, 9.17) is 10.2 Å². The van der Waals surface area contributed by atoms with Gasteiger partial charge in [0.25, 0.3) is 5.91 Å². The first-order valence-electron chi connectivity index (χ1n) is 10.5. The van der Waals surface area contributed by atoms with Crippen molar-refractivity contribution in [3.05, 3.63) is 78.3 Å². The van der Waals surface area contributed by atoms with E-state index in [1.54, 1.807) is 53.1 Å². The van der Waals surface area contributed by atoms with Crippen LogP contribution >= 0.6 is 0 Å². The Hall–Kier alpha value is -4.18. The molecule has 5 aromatic rings. The molecule has 3 aromatic heterocycles. The largest absolute Gasteiger partial charge is 0.459 e. The molecule has 0 aliphatic rings. The van der Waals surface area contributed by atoms with Crippen molar-refractivity contribution in [1.29, 1.82) is 0 Å². The monoisotopic (exact) mass is 475 g/mol. The second-order valence-electron chi connectivity index (χ2n) is 7.80. The highest BCUT2D eigenvalue weighted by Crippen LogP contribution is 2.35. The Kier molecular flexibility index (Phi) is 5.29. The number of para-hydroxylation sites is 2. The van der Waals surface area contributed by atoms with E-state index in [9.17, 15) is 13.2 Å². The van der Waals surface area contributed by atoms with Crippen molar-refractivity contribution in [2.24, 2.45) is 0 Å². The fourth-order valence-corrected chi connectivity index (χ4v) is 5.30. The maximum atomic E-state index is 13.6. The van der Waals surface area contributed by atoms with Crippen LogP contribution in [0.1, 0.15) is 16.1 Å². The number of aromatic nitrogens is 3. The average molecular weight is 476 g/mol. The minimum Gasteiger partial charge on any atom is -0.459 e. The molecule has 0 radical (unpaired) electrons. The lowest BCUT2D eigenvalue weighted by Gasteiger charge is -2.09. The summed E-state index contributed by atoms with van der Waals surface area (Å²) in [5.74, 6) is -0.194. The molecule has 10 heteroatoms. The van der Waals surface area contributed by atoms with Gasteiger partial charge >= 0.3 is 0 Å².